The second-order valence-electron chi connectivity index (χ2n) is 19.6. The lowest BCUT2D eigenvalue weighted by Gasteiger charge is -2.65. The Kier molecular flexibility index (Phi) is 12.2. The van der Waals surface area contributed by atoms with E-state index in [9.17, 15) is 29.7 Å². The fourth-order valence-corrected chi connectivity index (χ4v) is 12.1. The summed E-state index contributed by atoms with van der Waals surface area (Å²) in [6, 6.07) is 9.54. The molecule has 9 unspecified atom stereocenters. The van der Waals surface area contributed by atoms with Crippen molar-refractivity contribution in [3.8, 4) is 0 Å². The summed E-state index contributed by atoms with van der Waals surface area (Å²) < 4.78 is 6.16. The van der Waals surface area contributed by atoms with Crippen LogP contribution in [0.5, 0.6) is 0 Å². The lowest BCUT2D eigenvalue weighted by Crippen LogP contribution is -2.60. The summed E-state index contributed by atoms with van der Waals surface area (Å²) in [4.78, 5) is 38.8. The Morgan fingerprint density at radius 1 is 0.962 bits per heavy atom. The second-order valence-corrected chi connectivity index (χ2v) is 19.6. The molecule has 8 nitrogen and oxygen atoms in total. The van der Waals surface area contributed by atoms with Crippen LogP contribution in [0.1, 0.15) is 145 Å². The van der Waals surface area contributed by atoms with Crippen LogP contribution in [0.2, 0.25) is 0 Å². The van der Waals surface area contributed by atoms with Gasteiger partial charge in [0.25, 0.3) is 0 Å². The van der Waals surface area contributed by atoms with Crippen molar-refractivity contribution >= 4 is 17.7 Å². The third-order valence-corrected chi connectivity index (χ3v) is 15.4. The molecule has 53 heavy (non-hydrogen) atoms. The first-order valence-corrected chi connectivity index (χ1v) is 20.5. The van der Waals surface area contributed by atoms with Crippen LogP contribution in [-0.4, -0.2) is 58.4 Å². The predicted octanol–water partition coefficient (Wildman–Crippen LogP) is 8.45. The molecule has 0 saturated heterocycles. The van der Waals surface area contributed by atoms with Gasteiger partial charge in [0.2, 0.25) is 0 Å². The third kappa shape index (κ3) is 7.67. The normalized spacial score (nSPS) is 34.5. The van der Waals surface area contributed by atoms with Crippen molar-refractivity contribution in [1.29, 1.82) is 0 Å². The van der Waals surface area contributed by atoms with Gasteiger partial charge in [0.15, 0.2) is 5.78 Å². The molecule has 0 spiro atoms. The van der Waals surface area contributed by atoms with Crippen molar-refractivity contribution in [1.82, 2.24) is 5.32 Å². The minimum Gasteiger partial charge on any atom is -0.481 e. The topological polar surface area (TPSA) is 133 Å². The molecule has 4 aliphatic rings. The number of carboxylic acid groups (broad SMARTS) is 1. The Balaban J connectivity index is 1.41. The highest BCUT2D eigenvalue weighted by atomic mass is 16.5. The quantitative estimate of drug-likeness (QED) is 0.167. The number of ketones is 1. The maximum absolute atomic E-state index is 13.9. The van der Waals surface area contributed by atoms with E-state index in [2.05, 4.69) is 53.8 Å². The van der Waals surface area contributed by atoms with Gasteiger partial charge in [-0.1, -0.05) is 84.4 Å². The number of carbonyl (C=O) groups is 3. The number of aliphatic carboxylic acids is 1. The molecule has 5 rings (SSSR count). The molecule has 0 aliphatic heterocycles. The van der Waals surface area contributed by atoms with E-state index in [0.29, 0.717) is 30.7 Å². The first kappa shape index (κ1) is 41.6. The number of nitrogens with one attached hydrogen (secondary N) is 1. The first-order chi connectivity index (χ1) is 24.7. The van der Waals surface area contributed by atoms with E-state index < -0.39 is 28.9 Å². The molecule has 0 aromatic heterocycles. The average Bonchev–Trinajstić information content (AvgIpc) is 3.38. The number of esters is 1. The van der Waals surface area contributed by atoms with Gasteiger partial charge in [0, 0.05) is 23.8 Å². The number of rotatable bonds is 11. The average molecular weight is 736 g/mol. The summed E-state index contributed by atoms with van der Waals surface area (Å²) in [6.45, 7) is 19.5. The number of hydrogen-bond acceptors (Lipinski definition) is 7. The van der Waals surface area contributed by atoms with E-state index in [1.165, 1.54) is 5.57 Å². The Bertz CT molecular complexity index is 1530. The Hall–Kier alpha value is -2.55. The van der Waals surface area contributed by atoms with Crippen molar-refractivity contribution in [2.75, 3.05) is 13.2 Å². The third-order valence-electron chi connectivity index (χ3n) is 15.4. The maximum Gasteiger partial charge on any atom is 0.309 e. The molecule has 3 fully saturated rings. The van der Waals surface area contributed by atoms with Crippen molar-refractivity contribution in [2.24, 2.45) is 50.7 Å². The number of aliphatic hydroxyl groups is 2. The number of carboxylic acids is 1. The summed E-state index contributed by atoms with van der Waals surface area (Å²) in [7, 11) is 0. The van der Waals surface area contributed by atoms with Crippen LogP contribution in [0, 0.1) is 50.7 Å². The van der Waals surface area contributed by atoms with Crippen LogP contribution in [0.15, 0.2) is 41.5 Å². The SMILES string of the molecule is CC(C)C1=C2CCCC3C(C)(CCC4C(C)(C)C(OC(=O)CC(C)(C)C(=O)O)CCC43C)C(C)CCC2(C(O)CNC(CO)c2ccccc2)CC1=O. The van der Waals surface area contributed by atoms with Crippen molar-refractivity contribution < 1.29 is 34.4 Å². The Morgan fingerprint density at radius 3 is 2.25 bits per heavy atom. The van der Waals surface area contributed by atoms with E-state index in [4.69, 9.17) is 4.74 Å². The first-order valence-electron chi connectivity index (χ1n) is 20.5. The molecule has 0 radical (unpaired) electrons. The highest BCUT2D eigenvalue weighted by Gasteiger charge is 2.62. The van der Waals surface area contributed by atoms with Gasteiger partial charge in [0.05, 0.1) is 30.6 Å². The van der Waals surface area contributed by atoms with Gasteiger partial charge in [-0.2, -0.15) is 0 Å². The van der Waals surface area contributed by atoms with Crippen LogP contribution in [0.25, 0.3) is 0 Å². The van der Waals surface area contributed by atoms with E-state index in [1.54, 1.807) is 13.8 Å². The molecule has 9 atom stereocenters. The van der Waals surface area contributed by atoms with E-state index in [0.717, 1.165) is 68.9 Å². The van der Waals surface area contributed by atoms with E-state index >= 15 is 0 Å². The van der Waals surface area contributed by atoms with Crippen molar-refractivity contribution in [3.05, 3.63) is 47.0 Å². The largest absolute Gasteiger partial charge is 0.481 e. The second kappa shape index (κ2) is 15.5. The summed E-state index contributed by atoms with van der Waals surface area (Å²) in [5.41, 5.74) is 1.10. The molecule has 296 valence electrons. The number of ether oxygens (including phenoxy) is 1. The monoisotopic (exact) mass is 736 g/mol. The number of fused-ring (bicyclic) bond motifs is 4. The van der Waals surface area contributed by atoms with Crippen LogP contribution >= 0.6 is 0 Å². The van der Waals surface area contributed by atoms with Crippen molar-refractivity contribution in [3.63, 3.8) is 0 Å². The van der Waals surface area contributed by atoms with E-state index in [-0.39, 0.29) is 53.1 Å². The van der Waals surface area contributed by atoms with E-state index in [1.807, 2.05) is 30.3 Å². The summed E-state index contributed by atoms with van der Waals surface area (Å²) in [5.74, 6) is -0.0121. The van der Waals surface area contributed by atoms with Crippen LogP contribution in [0.4, 0.5) is 0 Å². The Morgan fingerprint density at radius 2 is 1.62 bits per heavy atom. The van der Waals surface area contributed by atoms with Gasteiger partial charge in [-0.05, 0) is 117 Å². The number of carbonyl (C=O) groups excluding carboxylic acids is 2. The minimum atomic E-state index is -1.17. The smallest absolute Gasteiger partial charge is 0.309 e. The van der Waals surface area contributed by atoms with Crippen LogP contribution in [-0.2, 0) is 19.1 Å². The summed E-state index contributed by atoms with van der Waals surface area (Å²) in [5, 5.41) is 35.6. The molecular weight excluding hydrogens is 666 g/mol. The summed E-state index contributed by atoms with van der Waals surface area (Å²) >= 11 is 0. The molecule has 1 aromatic carbocycles. The Labute approximate surface area is 318 Å². The predicted molar refractivity (Wildman–Crippen MR) is 208 cm³/mol. The number of hydrogen-bond donors (Lipinski definition) is 4. The maximum atomic E-state index is 13.9. The van der Waals surface area contributed by atoms with Gasteiger partial charge in [0.1, 0.15) is 6.10 Å². The fourth-order valence-electron chi connectivity index (χ4n) is 12.1. The lowest BCUT2D eigenvalue weighted by molar-refractivity contribution is -0.202. The molecular formula is C45H69NO7. The highest BCUT2D eigenvalue weighted by molar-refractivity contribution is 6.00. The van der Waals surface area contributed by atoms with Crippen LogP contribution < -0.4 is 5.32 Å². The number of Topliss-reactive ketones (excluding diaryl/α,β-unsaturated/α-hetero) is 1. The van der Waals surface area contributed by atoms with Gasteiger partial charge >= 0.3 is 11.9 Å². The lowest BCUT2D eigenvalue weighted by atomic mass is 9.40. The summed E-state index contributed by atoms with van der Waals surface area (Å²) in [6.07, 6.45) is 7.44. The number of aliphatic hydroxyl groups excluding tert-OH is 2. The minimum absolute atomic E-state index is 0.0330. The highest BCUT2D eigenvalue weighted by Crippen LogP contribution is 2.68. The standard InChI is InChI=1S/C45H69NO7/c1-28(2)39-31-16-13-17-35-43(8,21-19-34-42(6,7)37(20-22-44(34,35)9)53-38(50)25-41(4,5)40(51)52)29(3)18-23-45(31,24-33(39)48)36(49)26-46-32(27-47)30-14-11-10-12-15-30/h10-12,14-15,28-29,32,34-37,46-47,49H,13,16-27H2,1-9H3,(H,51,52). The zero-order valence-corrected chi connectivity index (χ0v) is 34.1. The van der Waals surface area contributed by atoms with Gasteiger partial charge in [-0.15, -0.1) is 0 Å². The number of benzene rings is 1. The van der Waals surface area contributed by atoms with Gasteiger partial charge in [-0.3, -0.25) is 14.4 Å². The molecule has 0 amide bonds. The number of allylic oxidation sites excluding steroid dienone is 1. The molecule has 4 N–H and O–H groups in total. The zero-order valence-electron chi connectivity index (χ0n) is 34.1. The zero-order chi connectivity index (χ0) is 39.1. The van der Waals surface area contributed by atoms with Gasteiger partial charge in [-0.25, -0.2) is 0 Å². The van der Waals surface area contributed by atoms with Crippen molar-refractivity contribution in [2.45, 2.75) is 151 Å². The fraction of sp³-hybridized carbons (Fsp3) is 0.756. The molecule has 4 aliphatic carbocycles. The molecule has 0 bridgehead atoms. The molecule has 1 aromatic rings. The molecule has 0 heterocycles. The molecule has 8 heteroatoms. The van der Waals surface area contributed by atoms with Crippen LogP contribution in [0.3, 0.4) is 0 Å². The van der Waals surface area contributed by atoms with Gasteiger partial charge < -0.3 is 25.4 Å². The molecule has 3 saturated carbocycles.